The van der Waals surface area contributed by atoms with Crippen molar-refractivity contribution in [1.29, 1.82) is 0 Å². The Morgan fingerprint density at radius 3 is 2.84 bits per heavy atom. The van der Waals surface area contributed by atoms with Gasteiger partial charge in [-0.25, -0.2) is 0 Å². The number of nitrogens with one attached hydrogen (secondary N) is 1. The van der Waals surface area contributed by atoms with Crippen molar-refractivity contribution in [2.24, 2.45) is 5.92 Å². The first-order chi connectivity index (χ1) is 15.6. The molecule has 0 radical (unpaired) electrons. The molecular weight excluding hydrogens is 406 g/mol. The molecule has 3 unspecified atom stereocenters. The first kappa shape index (κ1) is 20.5. The smallest absolute Gasteiger partial charge is 0.254 e. The molecule has 2 aromatic carbocycles. The van der Waals surface area contributed by atoms with Gasteiger partial charge in [0.25, 0.3) is 5.91 Å². The Bertz CT molecular complexity index is 1120. The van der Waals surface area contributed by atoms with Gasteiger partial charge in [0.1, 0.15) is 23.0 Å². The summed E-state index contributed by atoms with van der Waals surface area (Å²) >= 11 is 0. The minimum atomic E-state index is -0.697. The van der Waals surface area contributed by atoms with Crippen LogP contribution >= 0.6 is 0 Å². The van der Waals surface area contributed by atoms with E-state index in [0.29, 0.717) is 17.1 Å². The minimum Gasteiger partial charge on any atom is -0.507 e. The van der Waals surface area contributed by atoms with E-state index in [2.05, 4.69) is 5.32 Å². The van der Waals surface area contributed by atoms with E-state index in [-0.39, 0.29) is 23.5 Å². The second-order valence-corrected chi connectivity index (χ2v) is 8.55. The van der Waals surface area contributed by atoms with Gasteiger partial charge < -0.3 is 24.6 Å². The molecule has 6 nitrogen and oxygen atoms in total. The Kier molecular flexibility index (Phi) is 5.08. The maximum Gasteiger partial charge on any atom is 0.254 e. The molecule has 1 amide bonds. The standard InChI is InChI=1S/C26H27NO5/c1-30-17-11-13-21(31-2)16(15-17)10-12-20(28)24-23-18-7-3-4-9-22(18)32-26(27-25(24)29)14-6-5-8-19(23)26/h3-4,7,9-13,15,19,23,28H,5-6,8,14H2,1-2H3,(H,27,29). The van der Waals surface area contributed by atoms with Gasteiger partial charge in [0, 0.05) is 29.4 Å². The third-order valence-electron chi connectivity index (χ3n) is 6.88. The number of carbonyl (C=O) groups is 1. The predicted molar refractivity (Wildman–Crippen MR) is 121 cm³/mol. The van der Waals surface area contributed by atoms with Gasteiger partial charge in [-0.15, -0.1) is 0 Å². The van der Waals surface area contributed by atoms with Gasteiger partial charge >= 0.3 is 0 Å². The summed E-state index contributed by atoms with van der Waals surface area (Å²) in [6, 6.07) is 13.3. The fraction of sp³-hybridized carbons (Fsp3) is 0.346. The number of aliphatic hydroxyl groups is 1. The van der Waals surface area contributed by atoms with Crippen molar-refractivity contribution < 1.29 is 24.1 Å². The normalized spacial score (nSPS) is 27.6. The molecule has 2 aliphatic heterocycles. The van der Waals surface area contributed by atoms with Crippen LogP contribution in [-0.2, 0) is 4.79 Å². The highest BCUT2D eigenvalue weighted by atomic mass is 16.5. The summed E-state index contributed by atoms with van der Waals surface area (Å²) in [7, 11) is 3.19. The molecule has 2 N–H and O–H groups in total. The Morgan fingerprint density at radius 1 is 1.19 bits per heavy atom. The lowest BCUT2D eigenvalue weighted by Gasteiger charge is -2.54. The lowest BCUT2D eigenvalue weighted by atomic mass is 9.64. The van der Waals surface area contributed by atoms with Gasteiger partial charge in [0.05, 0.1) is 19.8 Å². The number of allylic oxidation sites excluding steroid dienone is 1. The van der Waals surface area contributed by atoms with Crippen molar-refractivity contribution in [1.82, 2.24) is 5.32 Å². The molecule has 3 atom stereocenters. The zero-order valence-corrected chi connectivity index (χ0v) is 18.3. The molecule has 1 aliphatic carbocycles. The molecule has 32 heavy (non-hydrogen) atoms. The van der Waals surface area contributed by atoms with E-state index >= 15 is 0 Å². The molecule has 2 heterocycles. The average Bonchev–Trinajstić information content (AvgIpc) is 2.81. The number of hydrogen-bond donors (Lipinski definition) is 2. The monoisotopic (exact) mass is 433 g/mol. The number of fused-ring (bicyclic) bond motifs is 2. The summed E-state index contributed by atoms with van der Waals surface area (Å²) in [4.78, 5) is 13.3. The number of benzene rings is 2. The lowest BCUT2D eigenvalue weighted by molar-refractivity contribution is -0.140. The average molecular weight is 434 g/mol. The maximum absolute atomic E-state index is 13.3. The third-order valence-corrected chi connectivity index (χ3v) is 6.88. The van der Waals surface area contributed by atoms with Gasteiger partial charge in [0.15, 0.2) is 5.72 Å². The number of amides is 1. The molecule has 166 valence electrons. The number of ether oxygens (including phenoxy) is 3. The van der Waals surface area contributed by atoms with Gasteiger partial charge in [-0.1, -0.05) is 24.6 Å². The van der Waals surface area contributed by atoms with Gasteiger partial charge in [-0.2, -0.15) is 0 Å². The summed E-state index contributed by atoms with van der Waals surface area (Å²) in [5, 5.41) is 14.3. The fourth-order valence-electron chi connectivity index (χ4n) is 5.42. The Hall–Kier alpha value is -3.41. The van der Waals surface area contributed by atoms with Gasteiger partial charge in [0.2, 0.25) is 0 Å². The SMILES string of the molecule is COc1ccc(OC)c(C=CC(O)=C2C(=O)NC34CCCCC3C2c2ccccc2O4)c1. The quantitative estimate of drug-likeness (QED) is 0.539. The molecule has 1 saturated heterocycles. The van der Waals surface area contributed by atoms with Crippen molar-refractivity contribution in [2.45, 2.75) is 37.3 Å². The third kappa shape index (κ3) is 3.22. The Morgan fingerprint density at radius 2 is 2.03 bits per heavy atom. The lowest BCUT2D eigenvalue weighted by Crippen LogP contribution is -2.66. The summed E-state index contributed by atoms with van der Waals surface area (Å²) in [5.74, 6) is 1.65. The van der Waals surface area contributed by atoms with Crippen LogP contribution in [0.4, 0.5) is 0 Å². The highest BCUT2D eigenvalue weighted by Gasteiger charge is 2.57. The second-order valence-electron chi connectivity index (χ2n) is 8.55. The molecule has 0 spiro atoms. The maximum atomic E-state index is 13.3. The summed E-state index contributed by atoms with van der Waals surface area (Å²) in [6.07, 6.45) is 7.11. The molecule has 1 saturated carbocycles. The zero-order chi connectivity index (χ0) is 22.3. The molecule has 5 rings (SSSR count). The van der Waals surface area contributed by atoms with E-state index < -0.39 is 5.72 Å². The van der Waals surface area contributed by atoms with Crippen molar-refractivity contribution in [3.8, 4) is 17.2 Å². The summed E-state index contributed by atoms with van der Waals surface area (Å²) < 4.78 is 17.1. The largest absolute Gasteiger partial charge is 0.507 e. The van der Waals surface area contributed by atoms with Crippen molar-refractivity contribution >= 4 is 12.0 Å². The van der Waals surface area contributed by atoms with E-state index in [0.717, 1.165) is 42.6 Å². The molecule has 3 aliphatic rings. The van der Waals surface area contributed by atoms with E-state index in [1.54, 1.807) is 32.4 Å². The van der Waals surface area contributed by atoms with Crippen LogP contribution in [0, 0.1) is 5.92 Å². The minimum absolute atomic E-state index is 0.0479. The van der Waals surface area contributed by atoms with Gasteiger partial charge in [-0.3, -0.25) is 4.79 Å². The van der Waals surface area contributed by atoms with Crippen molar-refractivity contribution in [2.75, 3.05) is 14.2 Å². The van der Waals surface area contributed by atoms with E-state index in [1.165, 1.54) is 0 Å². The predicted octanol–water partition coefficient (Wildman–Crippen LogP) is 4.72. The highest BCUT2D eigenvalue weighted by Crippen LogP contribution is 2.55. The summed E-state index contributed by atoms with van der Waals surface area (Å²) in [6.45, 7) is 0. The number of hydrogen-bond acceptors (Lipinski definition) is 5. The van der Waals surface area contributed by atoms with Crippen LogP contribution in [0.15, 0.2) is 59.9 Å². The van der Waals surface area contributed by atoms with Crippen molar-refractivity contribution in [3.05, 3.63) is 71.0 Å². The first-order valence-corrected chi connectivity index (χ1v) is 11.0. The van der Waals surface area contributed by atoms with E-state index in [9.17, 15) is 9.90 Å². The topological polar surface area (TPSA) is 77.0 Å². The van der Waals surface area contributed by atoms with Crippen LogP contribution < -0.4 is 19.5 Å². The molecule has 2 bridgehead atoms. The molecule has 0 aromatic heterocycles. The molecule has 6 heteroatoms. The highest BCUT2D eigenvalue weighted by molar-refractivity contribution is 5.98. The van der Waals surface area contributed by atoms with Crippen LogP contribution in [0.5, 0.6) is 17.2 Å². The van der Waals surface area contributed by atoms with Gasteiger partial charge in [-0.05, 0) is 49.3 Å². The number of methoxy groups -OCH3 is 2. The van der Waals surface area contributed by atoms with Crippen LogP contribution in [-0.4, -0.2) is 31.0 Å². The van der Waals surface area contributed by atoms with Crippen LogP contribution in [0.1, 0.15) is 42.7 Å². The molecule has 2 aromatic rings. The summed E-state index contributed by atoms with van der Waals surface area (Å²) in [5.41, 5.74) is 1.40. The number of aliphatic hydroxyl groups excluding tert-OH is 1. The van der Waals surface area contributed by atoms with Crippen LogP contribution in [0.3, 0.4) is 0 Å². The van der Waals surface area contributed by atoms with Crippen LogP contribution in [0.25, 0.3) is 6.08 Å². The van der Waals surface area contributed by atoms with E-state index in [1.807, 2.05) is 36.4 Å². The number of piperidine rings is 1. The second kappa shape index (κ2) is 7.93. The fourth-order valence-corrected chi connectivity index (χ4v) is 5.42. The van der Waals surface area contributed by atoms with E-state index in [4.69, 9.17) is 14.2 Å². The Labute approximate surface area is 187 Å². The molecule has 2 fully saturated rings. The number of carbonyl (C=O) groups excluding carboxylic acids is 1. The molecular formula is C26H27NO5. The van der Waals surface area contributed by atoms with Crippen molar-refractivity contribution in [3.63, 3.8) is 0 Å². The van der Waals surface area contributed by atoms with Crippen LogP contribution in [0.2, 0.25) is 0 Å². The number of rotatable bonds is 4. The number of para-hydroxylation sites is 1. The Balaban J connectivity index is 1.60. The first-order valence-electron chi connectivity index (χ1n) is 11.0. The zero-order valence-electron chi connectivity index (χ0n) is 18.3.